The molecule has 0 saturated carbocycles. The number of nitrogens with one attached hydrogen (secondary N) is 2. The Morgan fingerprint density at radius 3 is 2.97 bits per heavy atom. The molecule has 1 unspecified atom stereocenters. The quantitative estimate of drug-likeness (QED) is 0.412. The van der Waals surface area contributed by atoms with E-state index < -0.39 is 5.82 Å². The molecule has 1 aliphatic heterocycles. The smallest absolute Gasteiger partial charge is 0.228 e. The third-order valence-electron chi connectivity index (χ3n) is 6.81. The molecule has 0 bridgehead atoms. The number of halogens is 1. The van der Waals surface area contributed by atoms with Crippen molar-refractivity contribution in [3.8, 4) is 11.4 Å². The van der Waals surface area contributed by atoms with E-state index in [9.17, 15) is 4.39 Å². The number of pyridine rings is 1. The minimum Gasteiger partial charge on any atom is -0.373 e. The monoisotopic (exact) mass is 467 g/mol. The van der Waals surface area contributed by atoms with Gasteiger partial charge in [0.15, 0.2) is 11.5 Å². The Labute approximate surface area is 199 Å². The van der Waals surface area contributed by atoms with Gasteiger partial charge in [-0.15, -0.1) is 0 Å². The maximum atomic E-state index is 14.0. The predicted molar refractivity (Wildman–Crippen MR) is 131 cm³/mol. The average molecular weight is 468 g/mol. The van der Waals surface area contributed by atoms with Crippen molar-refractivity contribution in [1.29, 1.82) is 0 Å². The fraction of sp³-hybridized carbons (Fsp3) is 0.231. The summed E-state index contributed by atoms with van der Waals surface area (Å²) >= 11 is 0. The molecule has 4 aromatic heterocycles. The SMILES string of the molecule is Fc1cncc(-c2nc(NC3CCc4[nH]c5ccccc5c4C3)n3ncc(C4=CCOC4)c3n2)c1. The Hall–Kier alpha value is -4.11. The number of anilines is 1. The zero-order valence-corrected chi connectivity index (χ0v) is 18.8. The van der Waals surface area contributed by atoms with Crippen LogP contribution in [0, 0.1) is 5.82 Å². The van der Waals surface area contributed by atoms with Crippen LogP contribution >= 0.6 is 0 Å². The molecule has 1 atom stereocenters. The van der Waals surface area contributed by atoms with Crippen LogP contribution in [0.25, 0.3) is 33.5 Å². The van der Waals surface area contributed by atoms with Gasteiger partial charge in [0, 0.05) is 40.0 Å². The fourth-order valence-electron chi connectivity index (χ4n) is 5.11. The largest absolute Gasteiger partial charge is 0.373 e. The van der Waals surface area contributed by atoms with Crippen molar-refractivity contribution in [3.05, 3.63) is 77.6 Å². The van der Waals surface area contributed by atoms with Crippen LogP contribution in [0.3, 0.4) is 0 Å². The lowest BCUT2D eigenvalue weighted by atomic mass is 9.91. The third-order valence-corrected chi connectivity index (χ3v) is 6.81. The number of para-hydroxylation sites is 1. The second-order valence-corrected chi connectivity index (χ2v) is 9.01. The number of ether oxygens (including phenoxy) is 1. The molecule has 2 aliphatic rings. The van der Waals surface area contributed by atoms with Gasteiger partial charge in [0.1, 0.15) is 5.82 Å². The summed E-state index contributed by atoms with van der Waals surface area (Å²) in [5, 5.41) is 9.49. The van der Waals surface area contributed by atoms with E-state index in [1.807, 2.05) is 6.08 Å². The van der Waals surface area contributed by atoms with Crippen LogP contribution in [0.15, 0.2) is 55.0 Å². The van der Waals surface area contributed by atoms with E-state index >= 15 is 0 Å². The molecule has 5 heterocycles. The lowest BCUT2D eigenvalue weighted by molar-refractivity contribution is 0.216. The van der Waals surface area contributed by atoms with Gasteiger partial charge in [0.2, 0.25) is 5.95 Å². The summed E-state index contributed by atoms with van der Waals surface area (Å²) in [6.07, 6.45) is 9.35. The van der Waals surface area contributed by atoms with Gasteiger partial charge in [-0.2, -0.15) is 14.6 Å². The summed E-state index contributed by atoms with van der Waals surface area (Å²) in [6, 6.07) is 9.99. The Morgan fingerprint density at radius 2 is 2.09 bits per heavy atom. The number of benzene rings is 1. The fourth-order valence-corrected chi connectivity index (χ4v) is 5.11. The zero-order chi connectivity index (χ0) is 23.4. The highest BCUT2D eigenvalue weighted by molar-refractivity contribution is 5.85. The van der Waals surface area contributed by atoms with Gasteiger partial charge in [-0.05, 0) is 42.5 Å². The van der Waals surface area contributed by atoms with Crippen molar-refractivity contribution < 1.29 is 9.13 Å². The Kier molecular flexibility index (Phi) is 4.63. The van der Waals surface area contributed by atoms with Gasteiger partial charge in [-0.3, -0.25) is 4.98 Å². The van der Waals surface area contributed by atoms with Crippen LogP contribution in [0.2, 0.25) is 0 Å². The topological polar surface area (TPSA) is 93.0 Å². The highest BCUT2D eigenvalue weighted by Crippen LogP contribution is 2.31. The van der Waals surface area contributed by atoms with E-state index in [4.69, 9.17) is 14.7 Å². The number of fused-ring (bicyclic) bond motifs is 4. The molecule has 0 saturated heterocycles. The summed E-state index contributed by atoms with van der Waals surface area (Å²) in [6.45, 7) is 1.08. The molecule has 1 aliphatic carbocycles. The van der Waals surface area contributed by atoms with Crippen LogP contribution < -0.4 is 5.32 Å². The molecule has 0 amide bonds. The van der Waals surface area contributed by atoms with Crippen molar-refractivity contribution in [3.63, 3.8) is 0 Å². The first-order valence-corrected chi connectivity index (χ1v) is 11.7. The van der Waals surface area contributed by atoms with E-state index in [2.05, 4.69) is 44.6 Å². The highest BCUT2D eigenvalue weighted by Gasteiger charge is 2.25. The summed E-state index contributed by atoms with van der Waals surface area (Å²) < 4.78 is 21.2. The predicted octanol–water partition coefficient (Wildman–Crippen LogP) is 4.19. The maximum absolute atomic E-state index is 14.0. The summed E-state index contributed by atoms with van der Waals surface area (Å²) in [4.78, 5) is 17.1. The van der Waals surface area contributed by atoms with Gasteiger partial charge < -0.3 is 15.0 Å². The van der Waals surface area contributed by atoms with E-state index in [1.165, 1.54) is 34.4 Å². The van der Waals surface area contributed by atoms with Crippen molar-refractivity contribution in [1.82, 2.24) is 29.5 Å². The number of aromatic nitrogens is 6. The first-order valence-electron chi connectivity index (χ1n) is 11.7. The van der Waals surface area contributed by atoms with Gasteiger partial charge in [-0.25, -0.2) is 9.37 Å². The van der Waals surface area contributed by atoms with Gasteiger partial charge in [0.25, 0.3) is 0 Å². The van der Waals surface area contributed by atoms with E-state index in [1.54, 1.807) is 16.9 Å². The molecule has 174 valence electrons. The van der Waals surface area contributed by atoms with E-state index in [-0.39, 0.29) is 6.04 Å². The number of H-pyrrole nitrogens is 1. The van der Waals surface area contributed by atoms with Crippen LogP contribution in [0.4, 0.5) is 10.3 Å². The molecule has 7 rings (SSSR count). The molecule has 9 heteroatoms. The van der Waals surface area contributed by atoms with Gasteiger partial charge >= 0.3 is 0 Å². The molecule has 35 heavy (non-hydrogen) atoms. The van der Waals surface area contributed by atoms with E-state index in [0.717, 1.165) is 30.4 Å². The normalized spacial score (nSPS) is 17.6. The van der Waals surface area contributed by atoms with Crippen LogP contribution in [-0.2, 0) is 17.6 Å². The van der Waals surface area contributed by atoms with Crippen molar-refractivity contribution >= 4 is 28.1 Å². The van der Waals surface area contributed by atoms with Crippen molar-refractivity contribution in [2.45, 2.75) is 25.3 Å². The van der Waals surface area contributed by atoms with Crippen LogP contribution in [-0.4, -0.2) is 48.8 Å². The number of nitrogens with zero attached hydrogens (tertiary/aromatic N) is 5. The van der Waals surface area contributed by atoms with E-state index in [0.29, 0.717) is 36.2 Å². The molecule has 1 aromatic carbocycles. The molecular formula is C26H22FN7O. The number of hydrogen-bond acceptors (Lipinski definition) is 6. The van der Waals surface area contributed by atoms with Crippen LogP contribution in [0.5, 0.6) is 0 Å². The first-order chi connectivity index (χ1) is 17.2. The summed E-state index contributed by atoms with van der Waals surface area (Å²) in [5.41, 5.74) is 6.92. The van der Waals surface area contributed by atoms with Gasteiger partial charge in [-0.1, -0.05) is 24.3 Å². The van der Waals surface area contributed by atoms with Crippen LogP contribution in [0.1, 0.15) is 23.2 Å². The maximum Gasteiger partial charge on any atom is 0.228 e. The number of aryl methyl sites for hydroxylation is 1. The Balaban J connectivity index is 1.31. The molecule has 0 fully saturated rings. The minimum atomic E-state index is -0.430. The Morgan fingerprint density at radius 1 is 1.14 bits per heavy atom. The molecule has 0 spiro atoms. The lowest BCUT2D eigenvalue weighted by Gasteiger charge is -2.24. The molecule has 5 aromatic rings. The van der Waals surface area contributed by atoms with Crippen molar-refractivity contribution in [2.75, 3.05) is 18.5 Å². The standard InChI is InChI=1S/C26H22FN7O/c27-17-9-16(11-28-12-17)24-32-25-21(15-7-8-35-14-15)13-29-34(25)26(33-24)30-18-5-6-23-20(10-18)19-3-1-2-4-22(19)31-23/h1-4,7,9,11-13,18,31H,5-6,8,10,14H2,(H,30,32,33). The molecular weight excluding hydrogens is 445 g/mol. The minimum absolute atomic E-state index is 0.167. The average Bonchev–Trinajstić information content (AvgIpc) is 3.62. The first kappa shape index (κ1) is 20.3. The van der Waals surface area contributed by atoms with Gasteiger partial charge in [0.05, 0.1) is 25.6 Å². The third kappa shape index (κ3) is 3.47. The Bertz CT molecular complexity index is 1620. The van der Waals surface area contributed by atoms with Crippen molar-refractivity contribution in [2.24, 2.45) is 0 Å². The summed E-state index contributed by atoms with van der Waals surface area (Å²) in [5.74, 6) is 0.547. The summed E-state index contributed by atoms with van der Waals surface area (Å²) in [7, 11) is 0. The zero-order valence-electron chi connectivity index (χ0n) is 18.8. The second-order valence-electron chi connectivity index (χ2n) is 9.01. The number of aromatic amines is 1. The highest BCUT2D eigenvalue weighted by atomic mass is 19.1. The number of rotatable bonds is 4. The second kappa shape index (κ2) is 7.99. The lowest BCUT2D eigenvalue weighted by Crippen LogP contribution is -2.29. The molecule has 2 N–H and O–H groups in total. The number of hydrogen-bond donors (Lipinski definition) is 2. The molecule has 0 radical (unpaired) electrons. The molecule has 8 nitrogen and oxygen atoms in total.